The maximum absolute atomic E-state index is 12.5. The molecule has 0 amide bonds. The van der Waals surface area contributed by atoms with Gasteiger partial charge in [-0.05, 0) is 30.3 Å². The average Bonchev–Trinajstić information content (AvgIpc) is 2.38. The highest BCUT2D eigenvalue weighted by molar-refractivity contribution is 5.75. The summed E-state index contributed by atoms with van der Waals surface area (Å²) < 4.78 is 42.9. The fourth-order valence-electron chi connectivity index (χ4n) is 1.52. The van der Waals surface area contributed by atoms with Crippen LogP contribution in [0.5, 0.6) is 11.5 Å². The van der Waals surface area contributed by atoms with Crippen LogP contribution in [0, 0.1) is 0 Å². The highest BCUT2D eigenvalue weighted by Crippen LogP contribution is 2.32. The summed E-state index contributed by atoms with van der Waals surface area (Å²) in [7, 11) is 0. The Hall–Kier alpha value is -2.30. The molecular weight excluding hydrogens is 257 g/mol. The van der Waals surface area contributed by atoms with Crippen molar-refractivity contribution in [2.45, 2.75) is 6.18 Å². The molecule has 0 bridgehead atoms. The van der Waals surface area contributed by atoms with Crippen LogP contribution < -0.4 is 4.74 Å². The number of carbonyl (C=O) groups excluding carboxylic acids is 1. The number of carbonyl (C=O) groups is 1. The van der Waals surface area contributed by atoms with Crippen molar-refractivity contribution >= 4 is 6.29 Å². The van der Waals surface area contributed by atoms with Gasteiger partial charge in [0, 0.05) is 5.56 Å². The molecule has 2 nitrogen and oxygen atoms in total. The van der Waals surface area contributed by atoms with E-state index < -0.39 is 11.7 Å². The fourth-order valence-corrected chi connectivity index (χ4v) is 1.52. The summed E-state index contributed by atoms with van der Waals surface area (Å²) in [5.41, 5.74) is -0.388. The summed E-state index contributed by atoms with van der Waals surface area (Å²) >= 11 is 0. The van der Waals surface area contributed by atoms with Crippen LogP contribution >= 0.6 is 0 Å². The molecule has 0 saturated heterocycles. The standard InChI is InChI=1S/C14H9F3O2/c15-14(16,17)11-4-2-6-13(8-11)19-12-5-1-3-10(7-12)9-18/h1-9H. The molecule has 2 aromatic rings. The minimum absolute atomic E-state index is 0.0675. The van der Waals surface area contributed by atoms with Gasteiger partial charge in [-0.25, -0.2) is 0 Å². The van der Waals surface area contributed by atoms with Gasteiger partial charge in [0.2, 0.25) is 0 Å². The summed E-state index contributed by atoms with van der Waals surface area (Å²) in [6.45, 7) is 0. The SMILES string of the molecule is O=Cc1cccc(Oc2cccc(C(F)(F)F)c2)c1. The lowest BCUT2D eigenvalue weighted by Crippen LogP contribution is -2.04. The van der Waals surface area contributed by atoms with E-state index in [-0.39, 0.29) is 5.75 Å². The van der Waals surface area contributed by atoms with E-state index in [2.05, 4.69) is 0 Å². The zero-order chi connectivity index (χ0) is 13.9. The molecule has 0 saturated carbocycles. The van der Waals surface area contributed by atoms with Crippen LogP contribution in [0.1, 0.15) is 15.9 Å². The molecule has 2 aromatic carbocycles. The lowest BCUT2D eigenvalue weighted by Gasteiger charge is -2.10. The second-order valence-corrected chi connectivity index (χ2v) is 3.82. The maximum atomic E-state index is 12.5. The Bertz CT molecular complexity index is 591. The summed E-state index contributed by atoms with van der Waals surface area (Å²) in [5.74, 6) is 0.377. The van der Waals surface area contributed by atoms with Gasteiger partial charge in [-0.2, -0.15) is 13.2 Å². The Balaban J connectivity index is 2.25. The lowest BCUT2D eigenvalue weighted by atomic mass is 10.2. The number of halogens is 3. The van der Waals surface area contributed by atoms with Crippen LogP contribution in [0.2, 0.25) is 0 Å². The Morgan fingerprint density at radius 3 is 2.21 bits per heavy atom. The van der Waals surface area contributed by atoms with Gasteiger partial charge in [0.05, 0.1) is 5.56 Å². The van der Waals surface area contributed by atoms with Gasteiger partial charge in [-0.15, -0.1) is 0 Å². The van der Waals surface area contributed by atoms with Crippen molar-refractivity contribution in [3.05, 3.63) is 59.7 Å². The zero-order valence-corrected chi connectivity index (χ0v) is 9.65. The largest absolute Gasteiger partial charge is 0.457 e. The molecule has 0 fully saturated rings. The number of alkyl halides is 3. The van der Waals surface area contributed by atoms with E-state index in [1.165, 1.54) is 18.2 Å². The van der Waals surface area contributed by atoms with Gasteiger partial charge in [0.25, 0.3) is 0 Å². The first-order chi connectivity index (χ1) is 8.99. The second kappa shape index (κ2) is 5.14. The van der Waals surface area contributed by atoms with Crippen LogP contribution in [0.4, 0.5) is 13.2 Å². The third kappa shape index (κ3) is 3.34. The maximum Gasteiger partial charge on any atom is 0.416 e. The molecule has 0 heterocycles. The molecule has 5 heteroatoms. The Morgan fingerprint density at radius 2 is 1.58 bits per heavy atom. The van der Waals surface area contributed by atoms with E-state index in [9.17, 15) is 18.0 Å². The topological polar surface area (TPSA) is 26.3 Å². The molecule has 0 aliphatic heterocycles. The van der Waals surface area contributed by atoms with E-state index >= 15 is 0 Å². The fraction of sp³-hybridized carbons (Fsp3) is 0.0714. The molecule has 0 radical (unpaired) electrons. The molecule has 0 unspecified atom stereocenters. The van der Waals surface area contributed by atoms with Crippen molar-refractivity contribution in [3.63, 3.8) is 0 Å². The quantitative estimate of drug-likeness (QED) is 0.774. The molecule has 0 aromatic heterocycles. The van der Waals surface area contributed by atoms with Gasteiger partial charge in [-0.3, -0.25) is 4.79 Å². The van der Waals surface area contributed by atoms with Gasteiger partial charge in [0.1, 0.15) is 17.8 Å². The first-order valence-corrected chi connectivity index (χ1v) is 5.39. The minimum Gasteiger partial charge on any atom is -0.457 e. The molecule has 0 aliphatic carbocycles. The smallest absolute Gasteiger partial charge is 0.416 e. The third-order valence-electron chi connectivity index (χ3n) is 2.39. The monoisotopic (exact) mass is 266 g/mol. The first-order valence-electron chi connectivity index (χ1n) is 5.39. The summed E-state index contributed by atoms with van der Waals surface area (Å²) in [4.78, 5) is 10.6. The number of hydrogen-bond donors (Lipinski definition) is 0. The van der Waals surface area contributed by atoms with Crippen LogP contribution in [0.25, 0.3) is 0 Å². The van der Waals surface area contributed by atoms with E-state index in [1.807, 2.05) is 0 Å². The van der Waals surface area contributed by atoms with Crippen molar-refractivity contribution in [3.8, 4) is 11.5 Å². The number of benzene rings is 2. The van der Waals surface area contributed by atoms with Crippen LogP contribution in [0.3, 0.4) is 0 Å². The normalized spacial score (nSPS) is 11.1. The lowest BCUT2D eigenvalue weighted by molar-refractivity contribution is -0.137. The van der Waals surface area contributed by atoms with Crippen molar-refractivity contribution < 1.29 is 22.7 Å². The van der Waals surface area contributed by atoms with E-state index in [0.717, 1.165) is 12.1 Å². The molecule has 2 rings (SSSR count). The Labute approximate surface area is 107 Å². The minimum atomic E-state index is -4.41. The first kappa shape index (κ1) is 13.1. The van der Waals surface area contributed by atoms with E-state index in [4.69, 9.17) is 4.74 Å². The van der Waals surface area contributed by atoms with Gasteiger partial charge in [0.15, 0.2) is 0 Å². The zero-order valence-electron chi connectivity index (χ0n) is 9.65. The van der Waals surface area contributed by atoms with Crippen molar-refractivity contribution in [2.24, 2.45) is 0 Å². The van der Waals surface area contributed by atoms with Crippen molar-refractivity contribution in [2.75, 3.05) is 0 Å². The Kier molecular flexibility index (Phi) is 3.55. The number of aldehydes is 1. The number of hydrogen-bond acceptors (Lipinski definition) is 2. The van der Waals surface area contributed by atoms with E-state index in [0.29, 0.717) is 17.6 Å². The number of rotatable bonds is 3. The molecule has 19 heavy (non-hydrogen) atoms. The Morgan fingerprint density at radius 1 is 0.947 bits per heavy atom. The van der Waals surface area contributed by atoms with Crippen LogP contribution in [0.15, 0.2) is 48.5 Å². The molecule has 0 N–H and O–H groups in total. The molecular formula is C14H9F3O2. The highest BCUT2D eigenvalue weighted by atomic mass is 19.4. The van der Waals surface area contributed by atoms with E-state index in [1.54, 1.807) is 18.2 Å². The van der Waals surface area contributed by atoms with Crippen molar-refractivity contribution in [1.29, 1.82) is 0 Å². The average molecular weight is 266 g/mol. The van der Waals surface area contributed by atoms with Crippen molar-refractivity contribution in [1.82, 2.24) is 0 Å². The summed E-state index contributed by atoms with van der Waals surface area (Å²) in [6.07, 6.45) is -3.77. The highest BCUT2D eigenvalue weighted by Gasteiger charge is 2.30. The molecule has 98 valence electrons. The molecule has 0 aliphatic rings. The second-order valence-electron chi connectivity index (χ2n) is 3.82. The number of ether oxygens (including phenoxy) is 1. The predicted molar refractivity (Wildman–Crippen MR) is 63.3 cm³/mol. The summed E-state index contributed by atoms with van der Waals surface area (Å²) in [6, 6.07) is 10.7. The van der Waals surface area contributed by atoms with Crippen LogP contribution in [-0.2, 0) is 6.18 Å². The third-order valence-corrected chi connectivity index (χ3v) is 2.39. The molecule has 0 atom stereocenters. The van der Waals surface area contributed by atoms with Gasteiger partial charge < -0.3 is 4.74 Å². The van der Waals surface area contributed by atoms with Gasteiger partial charge in [-0.1, -0.05) is 18.2 Å². The van der Waals surface area contributed by atoms with Crippen LogP contribution in [-0.4, -0.2) is 6.29 Å². The predicted octanol–water partition coefficient (Wildman–Crippen LogP) is 4.31. The summed E-state index contributed by atoms with van der Waals surface area (Å²) in [5, 5.41) is 0. The van der Waals surface area contributed by atoms with Gasteiger partial charge >= 0.3 is 6.18 Å². The molecule has 0 spiro atoms.